The number of hydrogen-bond donors (Lipinski definition) is 0. The fourth-order valence-electron chi connectivity index (χ4n) is 5.42. The van der Waals surface area contributed by atoms with Crippen molar-refractivity contribution in [2.75, 3.05) is 40.0 Å². The Balaban J connectivity index is 1.34. The molecule has 5 rings (SSSR count). The molecule has 0 aromatic heterocycles. The minimum Gasteiger partial charge on any atom is -0.497 e. The molecule has 1 fully saturated rings. The van der Waals surface area contributed by atoms with Crippen molar-refractivity contribution in [1.82, 2.24) is 4.90 Å². The van der Waals surface area contributed by atoms with Gasteiger partial charge in [0.15, 0.2) is 0 Å². The van der Waals surface area contributed by atoms with E-state index in [9.17, 15) is 4.39 Å². The van der Waals surface area contributed by atoms with E-state index in [1.165, 1.54) is 22.3 Å². The van der Waals surface area contributed by atoms with Crippen LogP contribution in [0.4, 0.5) is 4.39 Å². The first-order valence-corrected chi connectivity index (χ1v) is 12.0. The molecule has 0 radical (unpaired) electrons. The standard InChI is InChI=1S/C29H32FNO2/c1-32-26-12-14-28-24(17-26)9-13-27(22-5-3-2-4-6-22)29(28)23-7-10-25(11-8-23)33-16-15-31-19-21(18-30)20-31/h2-8,10-12,14,17,21,27,29H,9,13,15-16,18-20H2,1H3/t27-,29+/m1/s1. The number of benzene rings is 3. The maximum absolute atomic E-state index is 12.6. The van der Waals surface area contributed by atoms with Gasteiger partial charge in [-0.2, -0.15) is 0 Å². The van der Waals surface area contributed by atoms with Crippen molar-refractivity contribution in [1.29, 1.82) is 0 Å². The van der Waals surface area contributed by atoms with Crippen molar-refractivity contribution >= 4 is 0 Å². The Hall–Kier alpha value is -2.85. The molecule has 0 saturated carbocycles. The predicted octanol–water partition coefficient (Wildman–Crippen LogP) is 5.84. The molecule has 2 atom stereocenters. The highest BCUT2D eigenvalue weighted by Gasteiger charge is 2.32. The summed E-state index contributed by atoms with van der Waals surface area (Å²) < 4.78 is 24.1. The van der Waals surface area contributed by atoms with E-state index in [-0.39, 0.29) is 12.6 Å². The smallest absolute Gasteiger partial charge is 0.119 e. The molecule has 3 aromatic carbocycles. The summed E-state index contributed by atoms with van der Waals surface area (Å²) in [6.07, 6.45) is 2.17. The first kappa shape index (κ1) is 22.0. The molecule has 3 nitrogen and oxygen atoms in total. The molecule has 4 heteroatoms. The average molecular weight is 446 g/mol. The number of nitrogens with zero attached hydrogens (tertiary/aromatic N) is 1. The molecule has 1 saturated heterocycles. The van der Waals surface area contributed by atoms with Crippen LogP contribution < -0.4 is 9.47 Å². The van der Waals surface area contributed by atoms with Crippen molar-refractivity contribution in [3.8, 4) is 11.5 Å². The van der Waals surface area contributed by atoms with Gasteiger partial charge in [-0.1, -0.05) is 48.5 Å². The van der Waals surface area contributed by atoms with Crippen molar-refractivity contribution in [3.63, 3.8) is 0 Å². The van der Waals surface area contributed by atoms with Crippen LogP contribution in [0.1, 0.15) is 40.5 Å². The van der Waals surface area contributed by atoms with Gasteiger partial charge in [0.1, 0.15) is 18.1 Å². The van der Waals surface area contributed by atoms with E-state index in [0.717, 1.165) is 44.0 Å². The Bertz CT molecular complexity index is 1050. The van der Waals surface area contributed by atoms with Gasteiger partial charge in [-0.25, -0.2) is 0 Å². The summed E-state index contributed by atoms with van der Waals surface area (Å²) >= 11 is 0. The Labute approximate surface area is 196 Å². The second-order valence-electron chi connectivity index (χ2n) is 9.30. The van der Waals surface area contributed by atoms with Crippen molar-refractivity contribution in [3.05, 3.63) is 95.1 Å². The quantitative estimate of drug-likeness (QED) is 0.435. The fraction of sp³-hybridized carbons (Fsp3) is 0.379. The number of hydrogen-bond acceptors (Lipinski definition) is 3. The van der Waals surface area contributed by atoms with Crippen molar-refractivity contribution < 1.29 is 13.9 Å². The molecule has 0 amide bonds. The summed E-state index contributed by atoms with van der Waals surface area (Å²) in [6.45, 7) is 2.99. The summed E-state index contributed by atoms with van der Waals surface area (Å²) in [5, 5.41) is 0. The summed E-state index contributed by atoms with van der Waals surface area (Å²) in [4.78, 5) is 2.25. The van der Waals surface area contributed by atoms with E-state index >= 15 is 0 Å². The molecule has 0 spiro atoms. The number of likely N-dealkylation sites (tertiary alicyclic amines) is 1. The molecule has 1 aliphatic carbocycles. The van der Waals surface area contributed by atoms with Gasteiger partial charge in [0.25, 0.3) is 0 Å². The number of rotatable bonds is 8. The summed E-state index contributed by atoms with van der Waals surface area (Å²) in [5.74, 6) is 2.78. The van der Waals surface area contributed by atoms with Crippen LogP contribution in [0.5, 0.6) is 11.5 Å². The highest BCUT2D eigenvalue weighted by molar-refractivity contribution is 5.48. The second-order valence-corrected chi connectivity index (χ2v) is 9.30. The van der Waals surface area contributed by atoms with E-state index < -0.39 is 0 Å². The molecule has 3 aromatic rings. The van der Waals surface area contributed by atoms with Crippen LogP contribution in [0.15, 0.2) is 72.8 Å². The van der Waals surface area contributed by atoms with Gasteiger partial charge in [0.2, 0.25) is 0 Å². The maximum Gasteiger partial charge on any atom is 0.119 e. The monoisotopic (exact) mass is 445 g/mol. The Morgan fingerprint density at radius 1 is 0.909 bits per heavy atom. The number of alkyl halides is 1. The predicted molar refractivity (Wildman–Crippen MR) is 130 cm³/mol. The topological polar surface area (TPSA) is 21.7 Å². The van der Waals surface area contributed by atoms with Crippen LogP contribution in [0.3, 0.4) is 0 Å². The summed E-state index contributed by atoms with van der Waals surface area (Å²) in [6, 6.07) is 26.0. The van der Waals surface area contributed by atoms with Gasteiger partial charge in [-0.15, -0.1) is 0 Å². The van der Waals surface area contributed by atoms with E-state index in [0.29, 0.717) is 18.4 Å². The van der Waals surface area contributed by atoms with Crippen LogP contribution in [-0.4, -0.2) is 44.9 Å². The minimum absolute atomic E-state index is 0.208. The number of methoxy groups -OCH3 is 1. The van der Waals surface area contributed by atoms with Crippen LogP contribution in [-0.2, 0) is 6.42 Å². The van der Waals surface area contributed by atoms with Gasteiger partial charge in [0.05, 0.1) is 13.8 Å². The molecule has 33 heavy (non-hydrogen) atoms. The lowest BCUT2D eigenvalue weighted by Crippen LogP contribution is -2.49. The van der Waals surface area contributed by atoms with E-state index in [1.807, 2.05) is 0 Å². The van der Waals surface area contributed by atoms with Crippen molar-refractivity contribution in [2.24, 2.45) is 5.92 Å². The minimum atomic E-state index is -0.208. The van der Waals surface area contributed by atoms with E-state index in [4.69, 9.17) is 9.47 Å². The summed E-state index contributed by atoms with van der Waals surface area (Å²) in [7, 11) is 1.73. The highest BCUT2D eigenvalue weighted by atomic mass is 19.1. The zero-order valence-electron chi connectivity index (χ0n) is 19.3. The zero-order valence-corrected chi connectivity index (χ0v) is 19.3. The van der Waals surface area contributed by atoms with Crippen LogP contribution in [0, 0.1) is 5.92 Å². The first-order chi connectivity index (χ1) is 16.2. The molecule has 0 unspecified atom stereocenters. The van der Waals surface area contributed by atoms with E-state index in [2.05, 4.69) is 77.7 Å². The van der Waals surface area contributed by atoms with Crippen molar-refractivity contribution in [2.45, 2.75) is 24.7 Å². The van der Waals surface area contributed by atoms with Gasteiger partial charge in [0, 0.05) is 31.5 Å². The third-order valence-electron chi connectivity index (χ3n) is 7.21. The van der Waals surface area contributed by atoms with Gasteiger partial charge in [-0.3, -0.25) is 9.29 Å². The Kier molecular flexibility index (Phi) is 6.63. The normalized spacial score (nSPS) is 20.7. The molecule has 172 valence electrons. The molecule has 1 aliphatic heterocycles. The van der Waals surface area contributed by atoms with Gasteiger partial charge < -0.3 is 9.47 Å². The Morgan fingerprint density at radius 2 is 1.67 bits per heavy atom. The number of fused-ring (bicyclic) bond motifs is 1. The highest BCUT2D eigenvalue weighted by Crippen LogP contribution is 2.47. The first-order valence-electron chi connectivity index (χ1n) is 12.0. The number of ether oxygens (including phenoxy) is 2. The van der Waals surface area contributed by atoms with Gasteiger partial charge in [-0.05, 0) is 65.3 Å². The number of aryl methyl sites for hydroxylation is 1. The largest absolute Gasteiger partial charge is 0.497 e. The lowest BCUT2D eigenvalue weighted by atomic mass is 9.69. The summed E-state index contributed by atoms with van der Waals surface area (Å²) in [5.41, 5.74) is 5.49. The van der Waals surface area contributed by atoms with Gasteiger partial charge >= 0.3 is 0 Å². The van der Waals surface area contributed by atoms with Crippen LogP contribution >= 0.6 is 0 Å². The molecule has 0 bridgehead atoms. The Morgan fingerprint density at radius 3 is 2.39 bits per heavy atom. The second kappa shape index (κ2) is 9.96. The third kappa shape index (κ3) is 4.77. The van der Waals surface area contributed by atoms with Crippen LogP contribution in [0.25, 0.3) is 0 Å². The lowest BCUT2D eigenvalue weighted by molar-refractivity contribution is 0.0668. The molecule has 2 aliphatic rings. The average Bonchev–Trinajstić information content (AvgIpc) is 2.85. The maximum atomic E-state index is 12.6. The van der Waals surface area contributed by atoms with E-state index in [1.54, 1.807) is 7.11 Å². The molecule has 1 heterocycles. The fourth-order valence-corrected chi connectivity index (χ4v) is 5.42. The van der Waals surface area contributed by atoms with Crippen LogP contribution in [0.2, 0.25) is 0 Å². The SMILES string of the molecule is COc1ccc2c(c1)CC[C@H](c1ccccc1)[C@@H]2c1ccc(OCCN2CC(CF)C2)cc1. The molecular formula is C29H32FNO2. The zero-order chi connectivity index (χ0) is 22.6. The molecular weight excluding hydrogens is 413 g/mol. The number of halogens is 1. The third-order valence-corrected chi connectivity index (χ3v) is 7.21. The molecule has 0 N–H and O–H groups in total. The lowest BCUT2D eigenvalue weighted by Gasteiger charge is -2.37.